The number of amides is 1. The van der Waals surface area contributed by atoms with Gasteiger partial charge in [0.2, 0.25) is 0 Å². The van der Waals surface area contributed by atoms with Crippen LogP contribution in [0.3, 0.4) is 0 Å². The zero-order chi connectivity index (χ0) is 17.4. The lowest BCUT2D eigenvalue weighted by Gasteiger charge is -2.06. The summed E-state index contributed by atoms with van der Waals surface area (Å²) in [5, 5.41) is 8.15. The van der Waals surface area contributed by atoms with Crippen molar-refractivity contribution in [1.82, 2.24) is 14.8 Å². The van der Waals surface area contributed by atoms with Gasteiger partial charge in [0.1, 0.15) is 11.3 Å². The highest BCUT2D eigenvalue weighted by atomic mass is 35.5. The Morgan fingerprint density at radius 3 is 2.79 bits per heavy atom. The summed E-state index contributed by atoms with van der Waals surface area (Å²) in [7, 11) is 1.57. The molecule has 1 aromatic carbocycles. The first-order chi connectivity index (χ1) is 11.4. The van der Waals surface area contributed by atoms with Crippen LogP contribution in [-0.4, -0.2) is 27.8 Å². The lowest BCUT2D eigenvalue weighted by atomic mass is 10.3. The Hall–Kier alpha value is -2.12. The molecule has 0 aliphatic rings. The Morgan fingerprint density at radius 1 is 1.42 bits per heavy atom. The molecule has 2 heterocycles. The monoisotopic (exact) mass is 364 g/mol. The first kappa shape index (κ1) is 16.7. The fourth-order valence-electron chi connectivity index (χ4n) is 2.45. The molecule has 0 unspecified atom stereocenters. The van der Waals surface area contributed by atoms with Crippen LogP contribution in [0.25, 0.3) is 10.2 Å². The van der Waals surface area contributed by atoms with E-state index in [1.807, 2.05) is 25.5 Å². The Labute approximate surface area is 148 Å². The van der Waals surface area contributed by atoms with E-state index in [4.69, 9.17) is 16.3 Å². The van der Waals surface area contributed by atoms with Crippen LogP contribution in [0, 0.1) is 6.92 Å². The number of rotatable bonds is 4. The van der Waals surface area contributed by atoms with E-state index in [0.29, 0.717) is 27.1 Å². The van der Waals surface area contributed by atoms with Gasteiger partial charge < -0.3 is 4.74 Å². The fourth-order valence-corrected chi connectivity index (χ4v) is 3.60. The SMILES string of the molecule is COc1ccc(Cl)c2sc(NC(=O)c3cc(C)n(C(C)C)n3)nc12. The Balaban J connectivity index is 1.91. The van der Waals surface area contributed by atoms with Crippen molar-refractivity contribution < 1.29 is 9.53 Å². The minimum absolute atomic E-state index is 0.192. The molecule has 0 spiro atoms. The molecule has 3 rings (SSSR count). The maximum absolute atomic E-state index is 12.4. The lowest BCUT2D eigenvalue weighted by Crippen LogP contribution is -2.13. The molecule has 24 heavy (non-hydrogen) atoms. The Bertz CT molecular complexity index is 916. The van der Waals surface area contributed by atoms with Crippen LogP contribution in [0.1, 0.15) is 36.1 Å². The van der Waals surface area contributed by atoms with Gasteiger partial charge in [-0.2, -0.15) is 5.10 Å². The molecule has 0 bridgehead atoms. The molecule has 0 saturated heterocycles. The van der Waals surface area contributed by atoms with Crippen LogP contribution >= 0.6 is 22.9 Å². The second-order valence-electron chi connectivity index (χ2n) is 5.61. The molecule has 1 N–H and O–H groups in total. The smallest absolute Gasteiger partial charge is 0.277 e. The molecule has 3 aromatic rings. The second kappa shape index (κ2) is 6.41. The third kappa shape index (κ3) is 2.97. The van der Waals surface area contributed by atoms with E-state index in [-0.39, 0.29) is 11.9 Å². The average molecular weight is 365 g/mol. The first-order valence-electron chi connectivity index (χ1n) is 7.41. The number of hydrogen-bond donors (Lipinski definition) is 1. The number of benzene rings is 1. The molecule has 2 aromatic heterocycles. The molecule has 0 aliphatic heterocycles. The van der Waals surface area contributed by atoms with Gasteiger partial charge >= 0.3 is 0 Å². The normalized spacial score (nSPS) is 11.2. The number of ether oxygens (including phenoxy) is 1. The van der Waals surface area contributed by atoms with E-state index in [9.17, 15) is 4.79 Å². The van der Waals surface area contributed by atoms with Crippen LogP contribution in [0.4, 0.5) is 5.13 Å². The third-order valence-electron chi connectivity index (χ3n) is 3.54. The zero-order valence-electron chi connectivity index (χ0n) is 13.8. The molecule has 8 heteroatoms. The van der Waals surface area contributed by atoms with Gasteiger partial charge in [-0.05, 0) is 39.0 Å². The number of nitrogens with zero attached hydrogens (tertiary/aromatic N) is 3. The summed E-state index contributed by atoms with van der Waals surface area (Å²) in [6.45, 7) is 5.96. The van der Waals surface area contributed by atoms with Gasteiger partial charge in [-0.15, -0.1) is 0 Å². The number of anilines is 1. The maximum atomic E-state index is 12.4. The highest BCUT2D eigenvalue weighted by Crippen LogP contribution is 2.37. The molecule has 1 amide bonds. The number of carbonyl (C=O) groups excluding carboxylic acids is 1. The number of fused-ring (bicyclic) bond motifs is 1. The van der Waals surface area contributed by atoms with E-state index < -0.39 is 0 Å². The molecule has 126 valence electrons. The van der Waals surface area contributed by atoms with Crippen molar-refractivity contribution in [3.05, 3.63) is 34.6 Å². The lowest BCUT2D eigenvalue weighted by molar-refractivity contribution is 0.102. The van der Waals surface area contributed by atoms with Crippen molar-refractivity contribution in [2.75, 3.05) is 12.4 Å². The van der Waals surface area contributed by atoms with Gasteiger partial charge in [-0.3, -0.25) is 14.8 Å². The predicted octanol–water partition coefficient (Wildman–Crippen LogP) is 4.30. The minimum atomic E-state index is -0.299. The number of aryl methyl sites for hydroxylation is 1. The van der Waals surface area contributed by atoms with E-state index >= 15 is 0 Å². The zero-order valence-corrected chi connectivity index (χ0v) is 15.3. The van der Waals surface area contributed by atoms with Crippen molar-refractivity contribution in [2.24, 2.45) is 0 Å². The maximum Gasteiger partial charge on any atom is 0.277 e. The van der Waals surface area contributed by atoms with Crippen LogP contribution < -0.4 is 10.1 Å². The van der Waals surface area contributed by atoms with E-state index in [1.54, 1.807) is 25.3 Å². The van der Waals surface area contributed by atoms with Gasteiger partial charge in [0, 0.05) is 11.7 Å². The molecular weight excluding hydrogens is 348 g/mol. The number of aromatic nitrogens is 3. The van der Waals surface area contributed by atoms with Crippen molar-refractivity contribution in [3.8, 4) is 5.75 Å². The molecule has 0 radical (unpaired) electrons. The molecule has 6 nitrogen and oxygen atoms in total. The van der Waals surface area contributed by atoms with Gasteiger partial charge in [-0.1, -0.05) is 22.9 Å². The quantitative estimate of drug-likeness (QED) is 0.749. The van der Waals surface area contributed by atoms with Crippen molar-refractivity contribution >= 4 is 44.2 Å². The first-order valence-corrected chi connectivity index (χ1v) is 8.60. The number of nitrogens with one attached hydrogen (secondary N) is 1. The van der Waals surface area contributed by atoms with E-state index in [2.05, 4.69) is 15.4 Å². The summed E-state index contributed by atoms with van der Waals surface area (Å²) in [5.74, 6) is 0.317. The van der Waals surface area contributed by atoms with Crippen LogP contribution in [0.5, 0.6) is 5.75 Å². The Morgan fingerprint density at radius 2 is 2.17 bits per heavy atom. The van der Waals surface area contributed by atoms with Crippen molar-refractivity contribution in [1.29, 1.82) is 0 Å². The van der Waals surface area contributed by atoms with Crippen molar-refractivity contribution in [2.45, 2.75) is 26.8 Å². The molecule has 0 atom stereocenters. The predicted molar refractivity (Wildman–Crippen MR) is 96.5 cm³/mol. The number of halogens is 1. The third-order valence-corrected chi connectivity index (χ3v) is 4.97. The largest absolute Gasteiger partial charge is 0.494 e. The van der Waals surface area contributed by atoms with Crippen LogP contribution in [0.2, 0.25) is 5.02 Å². The van der Waals surface area contributed by atoms with E-state index in [1.165, 1.54) is 11.3 Å². The average Bonchev–Trinajstić information content (AvgIpc) is 3.12. The number of thiazole rings is 1. The van der Waals surface area contributed by atoms with Crippen LogP contribution in [-0.2, 0) is 0 Å². The van der Waals surface area contributed by atoms with Crippen LogP contribution in [0.15, 0.2) is 18.2 Å². The number of methoxy groups -OCH3 is 1. The Kier molecular flexibility index (Phi) is 4.47. The number of hydrogen-bond acceptors (Lipinski definition) is 5. The summed E-state index contributed by atoms with van der Waals surface area (Å²) in [5.41, 5.74) is 1.93. The highest BCUT2D eigenvalue weighted by Gasteiger charge is 2.17. The van der Waals surface area contributed by atoms with Gasteiger partial charge in [0.05, 0.1) is 16.8 Å². The van der Waals surface area contributed by atoms with Gasteiger partial charge in [-0.25, -0.2) is 4.98 Å². The molecule has 0 fully saturated rings. The van der Waals surface area contributed by atoms with Gasteiger partial charge in [0.25, 0.3) is 5.91 Å². The highest BCUT2D eigenvalue weighted by molar-refractivity contribution is 7.23. The summed E-state index contributed by atoms with van der Waals surface area (Å²) in [6, 6.07) is 5.46. The van der Waals surface area contributed by atoms with Gasteiger partial charge in [0.15, 0.2) is 10.8 Å². The number of carbonyl (C=O) groups is 1. The minimum Gasteiger partial charge on any atom is -0.494 e. The molecular formula is C16H17ClN4O2S. The summed E-state index contributed by atoms with van der Waals surface area (Å²) >= 11 is 7.50. The van der Waals surface area contributed by atoms with Crippen molar-refractivity contribution in [3.63, 3.8) is 0 Å². The summed E-state index contributed by atoms with van der Waals surface area (Å²) < 4.78 is 7.87. The van der Waals surface area contributed by atoms with E-state index in [0.717, 1.165) is 10.4 Å². The fraction of sp³-hybridized carbons (Fsp3) is 0.312. The second-order valence-corrected chi connectivity index (χ2v) is 7.02. The topological polar surface area (TPSA) is 69.0 Å². The molecule has 0 aliphatic carbocycles. The summed E-state index contributed by atoms with van der Waals surface area (Å²) in [4.78, 5) is 16.9. The standard InChI is InChI=1S/C16H17ClN4O2S/c1-8(2)21-9(3)7-11(20-21)15(22)19-16-18-13-12(23-4)6-5-10(17)14(13)24-16/h5-8H,1-4H3,(H,18,19,22). The molecule has 0 saturated carbocycles. The summed E-state index contributed by atoms with van der Waals surface area (Å²) in [6.07, 6.45) is 0.